The second-order valence-electron chi connectivity index (χ2n) is 13.4. The first-order valence-corrected chi connectivity index (χ1v) is 17.2. The molecule has 2 aromatic carbocycles. The maximum atomic E-state index is 14.0. The van der Waals surface area contributed by atoms with E-state index >= 15 is 0 Å². The van der Waals surface area contributed by atoms with Gasteiger partial charge in [0.2, 0.25) is 5.91 Å². The highest BCUT2D eigenvalue weighted by molar-refractivity contribution is 6.00. The maximum absolute atomic E-state index is 14.0. The van der Waals surface area contributed by atoms with Crippen LogP contribution < -0.4 is 16.0 Å². The molecule has 10 nitrogen and oxygen atoms in total. The van der Waals surface area contributed by atoms with Crippen LogP contribution >= 0.6 is 0 Å². The highest BCUT2D eigenvalue weighted by atomic mass is 19.1. The van der Waals surface area contributed by atoms with Gasteiger partial charge in [-0.3, -0.25) is 14.4 Å². The van der Waals surface area contributed by atoms with E-state index in [2.05, 4.69) is 16.0 Å². The highest BCUT2D eigenvalue weighted by Gasteiger charge is 2.25. The molecule has 272 valence electrons. The Bertz CT molecular complexity index is 1370. The molecule has 0 aliphatic carbocycles. The molecule has 2 atom stereocenters. The molecule has 4 amide bonds. The number of alkyl carbamates (subject to hydrolysis) is 1. The Morgan fingerprint density at radius 2 is 1.49 bits per heavy atom. The Hall–Kier alpha value is -4.06. The normalized spacial score (nSPS) is 12.5. The third kappa shape index (κ3) is 15.8. The first-order chi connectivity index (χ1) is 23.1. The van der Waals surface area contributed by atoms with E-state index in [1.54, 1.807) is 44.7 Å². The van der Waals surface area contributed by atoms with E-state index in [1.165, 1.54) is 6.07 Å². The van der Waals surface area contributed by atoms with Crippen molar-refractivity contribution in [3.05, 3.63) is 70.3 Å². The minimum atomic E-state index is -1.18. The van der Waals surface area contributed by atoms with Crippen LogP contribution in [-0.4, -0.2) is 77.7 Å². The maximum Gasteiger partial charge on any atom is 0.407 e. The largest absolute Gasteiger partial charge is 0.444 e. The van der Waals surface area contributed by atoms with Gasteiger partial charge in [-0.1, -0.05) is 20.3 Å². The summed E-state index contributed by atoms with van der Waals surface area (Å²) in [7, 11) is 0. The van der Waals surface area contributed by atoms with Crippen molar-refractivity contribution in [1.29, 1.82) is 0 Å². The van der Waals surface area contributed by atoms with E-state index < -0.39 is 41.4 Å². The monoisotopic (exact) mass is 688 g/mol. The molecule has 12 heteroatoms. The molecule has 0 aliphatic rings. The van der Waals surface area contributed by atoms with Gasteiger partial charge in [0, 0.05) is 49.8 Å². The quantitative estimate of drug-likeness (QED) is 0.137. The van der Waals surface area contributed by atoms with Crippen molar-refractivity contribution in [2.75, 3.05) is 26.2 Å². The summed E-state index contributed by atoms with van der Waals surface area (Å²) in [6, 6.07) is 6.93. The van der Waals surface area contributed by atoms with Crippen molar-refractivity contribution in [3.63, 3.8) is 0 Å². The molecule has 0 spiro atoms. The second-order valence-corrected chi connectivity index (χ2v) is 13.4. The van der Waals surface area contributed by atoms with Crippen LogP contribution in [0.1, 0.15) is 111 Å². The summed E-state index contributed by atoms with van der Waals surface area (Å²) >= 11 is 0. The molecular formula is C37H54F2N4O6. The standard InChI is InChI=1S/C37H54F2N4O6/c1-7-16-43(17-8-2)35(47)28-19-25(3)18-27(23-28)34(46)42-31(22-26-20-29(38)24-30(39)21-26)32(44)13-15-40-33(45)12-10-9-11-14-41-36(48)49-37(4,5)6/h18-21,23-24,31-32,44H,7-17,22H2,1-6H3,(H,40,45)(H,41,48)(H,42,46)/t31-,32+/m0/s1. The minimum absolute atomic E-state index is 0.0643. The van der Waals surface area contributed by atoms with Crippen molar-refractivity contribution < 1.29 is 37.8 Å². The van der Waals surface area contributed by atoms with Crippen LogP contribution in [0.3, 0.4) is 0 Å². The Kier molecular flexibility index (Phi) is 17.2. The average Bonchev–Trinajstić information content (AvgIpc) is 3.00. The Labute approximate surface area is 289 Å². The lowest BCUT2D eigenvalue weighted by Gasteiger charge is -2.25. The van der Waals surface area contributed by atoms with Gasteiger partial charge in [-0.15, -0.1) is 0 Å². The van der Waals surface area contributed by atoms with E-state index in [-0.39, 0.29) is 48.7 Å². The number of amides is 4. The number of nitrogens with one attached hydrogen (secondary N) is 3. The van der Waals surface area contributed by atoms with E-state index in [9.17, 15) is 33.1 Å². The summed E-state index contributed by atoms with van der Waals surface area (Å²) in [6.07, 6.45) is 2.16. The number of ether oxygens (including phenoxy) is 1. The lowest BCUT2D eigenvalue weighted by atomic mass is 9.97. The minimum Gasteiger partial charge on any atom is -0.444 e. The summed E-state index contributed by atoms with van der Waals surface area (Å²) < 4.78 is 33.2. The van der Waals surface area contributed by atoms with Crippen LogP contribution in [0.5, 0.6) is 0 Å². The number of halogens is 2. The zero-order valence-electron chi connectivity index (χ0n) is 29.8. The van der Waals surface area contributed by atoms with Gasteiger partial charge >= 0.3 is 6.09 Å². The van der Waals surface area contributed by atoms with Gasteiger partial charge in [0.15, 0.2) is 0 Å². The van der Waals surface area contributed by atoms with Gasteiger partial charge in [0.1, 0.15) is 17.2 Å². The molecule has 0 saturated heterocycles. The number of aliphatic hydroxyl groups excluding tert-OH is 1. The van der Waals surface area contributed by atoms with Crippen LogP contribution in [-0.2, 0) is 16.0 Å². The van der Waals surface area contributed by atoms with Crippen molar-refractivity contribution in [2.45, 2.75) is 111 Å². The first-order valence-electron chi connectivity index (χ1n) is 17.2. The molecule has 49 heavy (non-hydrogen) atoms. The van der Waals surface area contributed by atoms with E-state index in [0.717, 1.165) is 31.0 Å². The van der Waals surface area contributed by atoms with Crippen LogP contribution in [0.25, 0.3) is 0 Å². The predicted octanol–water partition coefficient (Wildman–Crippen LogP) is 5.83. The van der Waals surface area contributed by atoms with Gasteiger partial charge in [-0.05, 0) is 108 Å². The van der Waals surface area contributed by atoms with E-state index in [1.807, 2.05) is 13.8 Å². The van der Waals surface area contributed by atoms with Gasteiger partial charge in [0.05, 0.1) is 12.1 Å². The highest BCUT2D eigenvalue weighted by Crippen LogP contribution is 2.17. The van der Waals surface area contributed by atoms with Gasteiger partial charge in [-0.25, -0.2) is 13.6 Å². The number of unbranched alkanes of at least 4 members (excludes halogenated alkanes) is 2. The lowest BCUT2D eigenvalue weighted by molar-refractivity contribution is -0.121. The Morgan fingerprint density at radius 1 is 0.857 bits per heavy atom. The number of benzene rings is 2. The predicted molar refractivity (Wildman–Crippen MR) is 185 cm³/mol. The van der Waals surface area contributed by atoms with Crippen LogP contribution in [0, 0.1) is 18.6 Å². The van der Waals surface area contributed by atoms with Crippen molar-refractivity contribution in [2.24, 2.45) is 0 Å². The molecule has 0 unspecified atom stereocenters. The molecule has 0 bridgehead atoms. The zero-order valence-corrected chi connectivity index (χ0v) is 29.8. The molecule has 0 aromatic heterocycles. The van der Waals surface area contributed by atoms with Gasteiger partial charge in [-0.2, -0.15) is 0 Å². The molecule has 0 saturated carbocycles. The SMILES string of the molecule is CCCN(CCC)C(=O)c1cc(C)cc(C(=O)N[C@@H](Cc2cc(F)cc(F)c2)[C@H](O)CCNC(=O)CCCCCNC(=O)OC(C)(C)C)c1. The number of aryl methyl sites for hydroxylation is 1. The smallest absolute Gasteiger partial charge is 0.407 e. The number of hydrogen-bond donors (Lipinski definition) is 4. The fraction of sp³-hybridized carbons (Fsp3) is 0.568. The Balaban J connectivity index is 2.02. The van der Waals surface area contributed by atoms with Crippen molar-refractivity contribution >= 4 is 23.8 Å². The zero-order chi connectivity index (χ0) is 36.6. The van der Waals surface area contributed by atoms with Gasteiger partial charge in [0.25, 0.3) is 11.8 Å². The van der Waals surface area contributed by atoms with Crippen LogP contribution in [0.4, 0.5) is 13.6 Å². The van der Waals surface area contributed by atoms with E-state index in [4.69, 9.17) is 4.74 Å². The first kappa shape index (κ1) is 41.1. The molecule has 2 rings (SSSR count). The lowest BCUT2D eigenvalue weighted by Crippen LogP contribution is -2.46. The second kappa shape index (κ2) is 20.5. The van der Waals surface area contributed by atoms with Crippen molar-refractivity contribution in [3.8, 4) is 0 Å². The van der Waals surface area contributed by atoms with E-state index in [0.29, 0.717) is 50.0 Å². The number of carbonyl (C=O) groups is 4. The summed E-state index contributed by atoms with van der Waals surface area (Å²) in [5, 5.41) is 19.4. The number of hydrogen-bond acceptors (Lipinski definition) is 6. The summed E-state index contributed by atoms with van der Waals surface area (Å²) in [6.45, 7) is 12.8. The average molecular weight is 689 g/mol. The summed E-state index contributed by atoms with van der Waals surface area (Å²) in [5.74, 6) is -2.51. The molecule has 0 heterocycles. The third-order valence-electron chi connectivity index (χ3n) is 7.53. The Morgan fingerprint density at radius 3 is 2.10 bits per heavy atom. The summed E-state index contributed by atoms with van der Waals surface area (Å²) in [4.78, 5) is 52.6. The number of aliphatic hydroxyl groups is 1. The van der Waals surface area contributed by atoms with Crippen LogP contribution in [0.2, 0.25) is 0 Å². The summed E-state index contributed by atoms with van der Waals surface area (Å²) in [5.41, 5.74) is 0.958. The van der Waals surface area contributed by atoms with Crippen LogP contribution in [0.15, 0.2) is 36.4 Å². The molecule has 2 aromatic rings. The fourth-order valence-corrected chi connectivity index (χ4v) is 5.33. The topological polar surface area (TPSA) is 137 Å². The molecule has 0 fully saturated rings. The number of rotatable bonds is 19. The number of nitrogens with zero attached hydrogens (tertiary/aromatic N) is 1. The molecule has 0 aliphatic heterocycles. The third-order valence-corrected chi connectivity index (χ3v) is 7.53. The fourth-order valence-electron chi connectivity index (χ4n) is 5.33. The number of carbonyl (C=O) groups excluding carboxylic acids is 4. The molecular weight excluding hydrogens is 634 g/mol. The van der Waals surface area contributed by atoms with Gasteiger partial charge < -0.3 is 30.7 Å². The van der Waals surface area contributed by atoms with Crippen molar-refractivity contribution in [1.82, 2.24) is 20.9 Å². The molecule has 0 radical (unpaired) electrons. The molecule has 4 N–H and O–H groups in total.